The third-order valence-electron chi connectivity index (χ3n) is 6.17. The zero-order valence-electron chi connectivity index (χ0n) is 17.5. The van der Waals surface area contributed by atoms with Crippen molar-refractivity contribution in [2.45, 2.75) is 19.3 Å². The van der Waals surface area contributed by atoms with Crippen molar-refractivity contribution in [3.05, 3.63) is 87.7 Å². The smallest absolute Gasteiger partial charge is 0.297 e. The number of aromatic nitrogens is 6. The monoisotopic (exact) mass is 450 g/mol. The van der Waals surface area contributed by atoms with Crippen molar-refractivity contribution < 1.29 is 0 Å². The first kappa shape index (κ1) is 18.5. The number of H-pyrrole nitrogens is 1. The highest BCUT2D eigenvalue weighted by Gasteiger charge is 2.24. The number of para-hydroxylation sites is 1. The van der Waals surface area contributed by atoms with Crippen LogP contribution in [0.2, 0.25) is 0 Å². The Kier molecular flexibility index (Phi) is 3.92. The van der Waals surface area contributed by atoms with Crippen molar-refractivity contribution in [2.24, 2.45) is 0 Å². The van der Waals surface area contributed by atoms with E-state index in [1.54, 1.807) is 11.3 Å². The predicted octanol–water partition coefficient (Wildman–Crippen LogP) is 4.64. The van der Waals surface area contributed by atoms with Crippen LogP contribution in [-0.4, -0.2) is 29.4 Å². The fourth-order valence-corrected chi connectivity index (χ4v) is 5.93. The Morgan fingerprint density at radius 2 is 1.73 bits per heavy atom. The molecule has 6 aromatic rings. The molecule has 160 valence electrons. The molecule has 1 aliphatic rings. The summed E-state index contributed by atoms with van der Waals surface area (Å²) >= 11 is 1.67. The van der Waals surface area contributed by atoms with E-state index in [2.05, 4.69) is 10.1 Å². The number of benzene rings is 2. The minimum absolute atomic E-state index is 0.273. The van der Waals surface area contributed by atoms with Gasteiger partial charge in [-0.1, -0.05) is 48.5 Å². The van der Waals surface area contributed by atoms with Gasteiger partial charge in [0, 0.05) is 10.4 Å². The number of rotatable bonds is 3. The molecule has 0 unspecified atom stereocenters. The Labute approximate surface area is 192 Å². The van der Waals surface area contributed by atoms with Crippen molar-refractivity contribution >= 4 is 27.2 Å². The third kappa shape index (κ3) is 2.81. The number of nitrogens with zero attached hydrogens (tertiary/aromatic N) is 5. The number of aromatic amines is 1. The van der Waals surface area contributed by atoms with Gasteiger partial charge in [0.2, 0.25) is 5.82 Å². The van der Waals surface area contributed by atoms with E-state index in [0.717, 1.165) is 52.1 Å². The summed E-state index contributed by atoms with van der Waals surface area (Å²) in [7, 11) is 0. The highest BCUT2D eigenvalue weighted by molar-refractivity contribution is 7.19. The van der Waals surface area contributed by atoms with Gasteiger partial charge in [-0.05, 0) is 43.0 Å². The Balaban J connectivity index is 1.50. The van der Waals surface area contributed by atoms with E-state index in [0.29, 0.717) is 11.5 Å². The Bertz CT molecular complexity index is 1710. The normalized spacial score (nSPS) is 13.2. The molecular weight excluding hydrogens is 432 g/mol. The average Bonchev–Trinajstić information content (AvgIpc) is 3.62. The van der Waals surface area contributed by atoms with Crippen LogP contribution in [0.1, 0.15) is 16.9 Å². The SMILES string of the molecule is O=c1[nH]c2sc3c(c2c2nc(-c4cc(-c5ccccc5)nn4-c4ccccc4)nn12)CCC3. The van der Waals surface area contributed by atoms with E-state index in [-0.39, 0.29) is 5.69 Å². The molecular formula is C25H18N6OS. The molecule has 4 aromatic heterocycles. The van der Waals surface area contributed by atoms with Gasteiger partial charge in [-0.2, -0.15) is 9.61 Å². The molecule has 0 bridgehead atoms. The zero-order valence-corrected chi connectivity index (χ0v) is 18.3. The van der Waals surface area contributed by atoms with Crippen LogP contribution in [0.15, 0.2) is 71.5 Å². The molecule has 0 aliphatic heterocycles. The van der Waals surface area contributed by atoms with Crippen LogP contribution in [-0.2, 0) is 12.8 Å². The molecule has 0 saturated heterocycles. The standard InChI is InChI=1S/C25H18N6OS/c32-25-27-24-21(17-12-7-13-20(17)33-24)23-26-22(29-31(23)25)19-14-18(15-8-3-1-4-9-15)28-30(19)16-10-5-2-6-11-16/h1-6,8-11,14H,7,12-13H2,(H,27,32). The number of nitrogens with one attached hydrogen (secondary N) is 1. The van der Waals surface area contributed by atoms with Gasteiger partial charge in [-0.3, -0.25) is 4.98 Å². The van der Waals surface area contributed by atoms with Gasteiger partial charge < -0.3 is 0 Å². The maximum Gasteiger partial charge on any atom is 0.349 e. The lowest BCUT2D eigenvalue weighted by Gasteiger charge is -2.04. The number of thiophene rings is 1. The lowest BCUT2D eigenvalue weighted by Crippen LogP contribution is -2.17. The zero-order chi connectivity index (χ0) is 21.9. The van der Waals surface area contributed by atoms with E-state index in [9.17, 15) is 4.79 Å². The van der Waals surface area contributed by atoms with Crippen molar-refractivity contribution in [3.8, 4) is 28.5 Å². The van der Waals surface area contributed by atoms with E-state index >= 15 is 0 Å². The Morgan fingerprint density at radius 1 is 0.939 bits per heavy atom. The Morgan fingerprint density at radius 3 is 2.55 bits per heavy atom. The van der Waals surface area contributed by atoms with Crippen LogP contribution in [0.3, 0.4) is 0 Å². The summed E-state index contributed by atoms with van der Waals surface area (Å²) in [5, 5.41) is 10.5. The molecule has 8 heteroatoms. The quantitative estimate of drug-likeness (QED) is 0.426. The van der Waals surface area contributed by atoms with Crippen LogP contribution < -0.4 is 5.69 Å². The summed E-state index contributed by atoms with van der Waals surface area (Å²) in [5.41, 5.74) is 5.12. The lowest BCUT2D eigenvalue weighted by atomic mass is 10.1. The molecule has 0 radical (unpaired) electrons. The van der Waals surface area contributed by atoms with Crippen LogP contribution >= 0.6 is 11.3 Å². The first-order valence-corrected chi connectivity index (χ1v) is 11.7. The van der Waals surface area contributed by atoms with E-state index in [1.165, 1.54) is 15.0 Å². The highest BCUT2D eigenvalue weighted by atomic mass is 32.1. The van der Waals surface area contributed by atoms with Crippen LogP contribution in [0.5, 0.6) is 0 Å². The summed E-state index contributed by atoms with van der Waals surface area (Å²) in [4.78, 5) is 23.0. The second-order valence-corrected chi connectivity index (χ2v) is 9.30. The largest absolute Gasteiger partial charge is 0.349 e. The second kappa shape index (κ2) is 6.98. The van der Waals surface area contributed by atoms with Gasteiger partial charge in [0.15, 0.2) is 5.65 Å². The average molecular weight is 451 g/mol. The number of hydrogen-bond acceptors (Lipinski definition) is 5. The fourth-order valence-electron chi connectivity index (χ4n) is 4.66. The summed E-state index contributed by atoms with van der Waals surface area (Å²) < 4.78 is 3.24. The molecule has 0 amide bonds. The minimum atomic E-state index is -0.273. The molecule has 0 atom stereocenters. The number of hydrogen-bond donors (Lipinski definition) is 1. The fraction of sp³-hybridized carbons (Fsp3) is 0.120. The molecule has 1 aliphatic carbocycles. The maximum atomic E-state index is 12.8. The molecule has 1 N–H and O–H groups in total. The van der Waals surface area contributed by atoms with E-state index in [4.69, 9.17) is 10.1 Å². The molecule has 33 heavy (non-hydrogen) atoms. The van der Waals surface area contributed by atoms with Crippen LogP contribution in [0, 0.1) is 0 Å². The lowest BCUT2D eigenvalue weighted by molar-refractivity contribution is 0.859. The highest BCUT2D eigenvalue weighted by Crippen LogP contribution is 2.38. The van der Waals surface area contributed by atoms with Crippen molar-refractivity contribution in [1.82, 2.24) is 29.4 Å². The molecule has 0 saturated carbocycles. The maximum absolute atomic E-state index is 12.8. The van der Waals surface area contributed by atoms with Crippen LogP contribution in [0.4, 0.5) is 0 Å². The molecule has 2 aromatic carbocycles. The van der Waals surface area contributed by atoms with Crippen LogP contribution in [0.25, 0.3) is 44.3 Å². The summed E-state index contributed by atoms with van der Waals surface area (Å²) in [6.07, 6.45) is 3.22. The van der Waals surface area contributed by atoms with E-state index in [1.807, 2.05) is 71.4 Å². The summed E-state index contributed by atoms with van der Waals surface area (Å²) in [5.74, 6) is 0.476. The molecule has 7 rings (SSSR count). The van der Waals surface area contributed by atoms with Crippen molar-refractivity contribution in [3.63, 3.8) is 0 Å². The summed E-state index contributed by atoms with van der Waals surface area (Å²) in [6.45, 7) is 0. The third-order valence-corrected chi connectivity index (χ3v) is 7.38. The van der Waals surface area contributed by atoms with Gasteiger partial charge in [-0.15, -0.1) is 16.4 Å². The topological polar surface area (TPSA) is 80.9 Å². The van der Waals surface area contributed by atoms with Gasteiger partial charge in [0.25, 0.3) is 0 Å². The molecule has 0 spiro atoms. The number of aryl methyl sites for hydroxylation is 2. The molecule has 0 fully saturated rings. The van der Waals surface area contributed by atoms with Gasteiger partial charge in [0.05, 0.1) is 16.8 Å². The van der Waals surface area contributed by atoms with Gasteiger partial charge in [-0.25, -0.2) is 14.5 Å². The summed E-state index contributed by atoms with van der Waals surface area (Å²) in [6, 6.07) is 21.9. The van der Waals surface area contributed by atoms with Gasteiger partial charge >= 0.3 is 5.69 Å². The van der Waals surface area contributed by atoms with Gasteiger partial charge in [0.1, 0.15) is 10.5 Å². The molecule has 7 nitrogen and oxygen atoms in total. The Hall–Kier alpha value is -4.04. The number of fused-ring (bicyclic) bond motifs is 5. The minimum Gasteiger partial charge on any atom is -0.297 e. The van der Waals surface area contributed by atoms with Crippen molar-refractivity contribution in [2.75, 3.05) is 0 Å². The van der Waals surface area contributed by atoms with E-state index < -0.39 is 0 Å². The first-order valence-electron chi connectivity index (χ1n) is 10.9. The predicted molar refractivity (Wildman–Crippen MR) is 129 cm³/mol. The molecule has 4 heterocycles. The second-order valence-electron chi connectivity index (χ2n) is 8.19. The first-order chi connectivity index (χ1) is 16.3. The van der Waals surface area contributed by atoms with Crippen molar-refractivity contribution in [1.29, 1.82) is 0 Å².